The summed E-state index contributed by atoms with van der Waals surface area (Å²) in [6.07, 6.45) is 7.50. The van der Waals surface area contributed by atoms with Crippen LogP contribution in [0, 0.1) is 12.8 Å². The van der Waals surface area contributed by atoms with Crippen molar-refractivity contribution < 1.29 is 43.0 Å². The number of amides is 4. The molecule has 0 aromatic heterocycles. The number of ether oxygens (including phenoxy) is 3. The molecule has 0 fully saturated rings. The Bertz CT molecular complexity index is 2320. The second-order valence-electron chi connectivity index (χ2n) is 16.9. The van der Waals surface area contributed by atoms with Gasteiger partial charge in [-0.15, -0.1) is 0 Å². The Hall–Kier alpha value is -6.58. The van der Waals surface area contributed by atoms with Crippen LogP contribution in [0.3, 0.4) is 0 Å². The first-order chi connectivity index (χ1) is 32.7. The molecule has 0 radical (unpaired) electrons. The summed E-state index contributed by atoms with van der Waals surface area (Å²) < 4.78 is 17.6. The van der Waals surface area contributed by atoms with E-state index in [1.807, 2.05) is 38.1 Å². The molecule has 15 nitrogen and oxygen atoms in total. The fraction of sp³-hybridized carbons (Fsp3) is 0.434. The van der Waals surface area contributed by atoms with Crippen LogP contribution in [0.5, 0.6) is 17.2 Å². The monoisotopic (exact) mass is 935 g/mol. The van der Waals surface area contributed by atoms with Crippen LogP contribution in [-0.2, 0) is 36.8 Å². The first kappa shape index (κ1) is 54.0. The molecule has 68 heavy (non-hydrogen) atoms. The van der Waals surface area contributed by atoms with Crippen molar-refractivity contribution in [3.63, 3.8) is 0 Å². The summed E-state index contributed by atoms with van der Waals surface area (Å²) in [6.45, 7) is 8.86. The molecule has 0 saturated heterocycles. The predicted molar refractivity (Wildman–Crippen MR) is 263 cm³/mol. The summed E-state index contributed by atoms with van der Waals surface area (Å²) >= 11 is 0. The topological polar surface area (TPSA) is 221 Å². The van der Waals surface area contributed by atoms with Crippen molar-refractivity contribution >= 4 is 35.4 Å². The van der Waals surface area contributed by atoms with E-state index in [0.29, 0.717) is 52.3 Å². The number of nitrogens with zero attached hydrogens (tertiary/aromatic N) is 1. The van der Waals surface area contributed by atoms with E-state index in [2.05, 4.69) is 22.9 Å². The number of hydrogen-bond donors (Lipinski definition) is 5. The second-order valence-corrected chi connectivity index (χ2v) is 16.9. The average Bonchev–Trinajstić information content (AvgIpc) is 3.33. The van der Waals surface area contributed by atoms with Crippen LogP contribution in [0.1, 0.15) is 105 Å². The quantitative estimate of drug-likeness (QED) is 0.0247. The minimum atomic E-state index is -1.28. The van der Waals surface area contributed by atoms with Crippen LogP contribution in [0.4, 0.5) is 0 Å². The van der Waals surface area contributed by atoms with Gasteiger partial charge in [0.2, 0.25) is 17.7 Å². The molecule has 7 N–H and O–H groups in total. The fourth-order valence-corrected chi connectivity index (χ4v) is 7.63. The number of unbranched alkanes of at least 4 members (excludes halogenated alkanes) is 4. The number of likely N-dealkylation sites (N-methyl/N-ethyl adjacent to an activating group) is 1. The summed E-state index contributed by atoms with van der Waals surface area (Å²) in [5, 5.41) is 8.18. The number of carbonyl (C=O) groups excluding carboxylic acids is 6. The highest BCUT2D eigenvalue weighted by molar-refractivity contribution is 5.99. The number of para-hydroxylation sites is 1. The Morgan fingerprint density at radius 3 is 2.00 bits per heavy atom. The van der Waals surface area contributed by atoms with Crippen LogP contribution in [-0.4, -0.2) is 92.8 Å². The Balaban J connectivity index is 1.65. The van der Waals surface area contributed by atoms with Crippen LogP contribution >= 0.6 is 0 Å². The molecule has 4 aromatic carbocycles. The molecule has 0 bridgehead atoms. The molecule has 3 atom stereocenters. The van der Waals surface area contributed by atoms with Gasteiger partial charge in [-0.2, -0.15) is 0 Å². The van der Waals surface area contributed by atoms with Gasteiger partial charge in [0, 0.05) is 42.7 Å². The summed E-state index contributed by atoms with van der Waals surface area (Å²) in [5.41, 5.74) is 16.3. The van der Waals surface area contributed by atoms with Crippen LogP contribution in [0.2, 0.25) is 0 Å². The van der Waals surface area contributed by atoms with Gasteiger partial charge in [0.25, 0.3) is 5.91 Å². The number of esters is 1. The van der Waals surface area contributed by atoms with Crippen LogP contribution in [0.25, 0.3) is 11.1 Å². The smallest absolute Gasteiger partial charge is 0.330 e. The van der Waals surface area contributed by atoms with Gasteiger partial charge < -0.3 is 46.5 Å². The minimum Gasteiger partial charge on any atom is -0.492 e. The normalized spacial score (nSPS) is 12.2. The standard InChI is InChI=1S/C53H70N6O9/c1-7-9-10-11-13-16-38-19-22-43(35(3)29-38)52(64)56-33-48(61)59(6)50(53(65)58-36(4)37(5)60)41-21-24-47(67-28-26-55)45(32-41)44-31-39(20-23-46(44)66-27-25-54)30-40(8-2)51(63)57-34-49(62)68-42-17-14-12-15-18-42/h12,14-15,17-24,29,31-32,36,40,50H,7-11,13,16,25-28,30,33-34,54-55H2,1-6H3,(H,56,64)(H,57,63)(H,58,65)/t36-,40?,50?/m0/s1. The third-order valence-corrected chi connectivity index (χ3v) is 11.6. The first-order valence-corrected chi connectivity index (χ1v) is 23.6. The highest BCUT2D eigenvalue weighted by Gasteiger charge is 2.32. The van der Waals surface area contributed by atoms with E-state index in [1.165, 1.54) is 38.1 Å². The lowest BCUT2D eigenvalue weighted by molar-refractivity contribution is -0.139. The van der Waals surface area contributed by atoms with E-state index >= 15 is 0 Å². The lowest BCUT2D eigenvalue weighted by Crippen LogP contribution is -2.48. The molecule has 0 aliphatic rings. The summed E-state index contributed by atoms with van der Waals surface area (Å²) in [6, 6.07) is 22.7. The van der Waals surface area contributed by atoms with E-state index in [4.69, 9.17) is 25.7 Å². The molecule has 0 spiro atoms. The zero-order valence-electron chi connectivity index (χ0n) is 40.5. The van der Waals surface area contributed by atoms with Gasteiger partial charge >= 0.3 is 5.97 Å². The Kier molecular flexibility index (Phi) is 22.2. The van der Waals surface area contributed by atoms with Crippen molar-refractivity contribution in [2.75, 3.05) is 46.4 Å². The van der Waals surface area contributed by atoms with Crippen molar-refractivity contribution in [1.29, 1.82) is 0 Å². The summed E-state index contributed by atoms with van der Waals surface area (Å²) in [7, 11) is 1.46. The Morgan fingerprint density at radius 1 is 0.721 bits per heavy atom. The highest BCUT2D eigenvalue weighted by Crippen LogP contribution is 2.40. The number of nitrogens with two attached hydrogens (primary N) is 2. The van der Waals surface area contributed by atoms with E-state index in [1.54, 1.807) is 67.6 Å². The molecule has 0 aliphatic heterocycles. The largest absolute Gasteiger partial charge is 0.492 e. The maximum atomic E-state index is 14.2. The molecule has 0 heterocycles. The lowest BCUT2D eigenvalue weighted by atomic mass is 9.91. The second kappa shape index (κ2) is 27.9. The number of rotatable bonds is 28. The zero-order chi connectivity index (χ0) is 49.6. The van der Waals surface area contributed by atoms with Gasteiger partial charge in [0.15, 0.2) is 5.78 Å². The van der Waals surface area contributed by atoms with Gasteiger partial charge in [0.1, 0.15) is 43.0 Å². The van der Waals surface area contributed by atoms with Crippen molar-refractivity contribution in [1.82, 2.24) is 20.9 Å². The summed E-state index contributed by atoms with van der Waals surface area (Å²) in [4.78, 5) is 81.3. The maximum absolute atomic E-state index is 14.2. The molecule has 2 unspecified atom stereocenters. The maximum Gasteiger partial charge on any atom is 0.330 e. The number of ketones is 1. The minimum absolute atomic E-state index is 0.148. The molecule has 4 amide bonds. The molecule has 4 aromatic rings. The number of Topliss-reactive ketones (excluding diaryl/α,β-unsaturated/α-hetero) is 1. The van der Waals surface area contributed by atoms with E-state index in [9.17, 15) is 28.8 Å². The van der Waals surface area contributed by atoms with Gasteiger partial charge in [-0.25, -0.2) is 4.79 Å². The average molecular weight is 935 g/mol. The number of carbonyl (C=O) groups is 6. The van der Waals surface area contributed by atoms with Crippen molar-refractivity contribution in [2.45, 2.75) is 98.1 Å². The summed E-state index contributed by atoms with van der Waals surface area (Å²) in [5.74, 6) is -2.15. The van der Waals surface area contributed by atoms with Crippen LogP contribution < -0.4 is 41.6 Å². The third-order valence-electron chi connectivity index (χ3n) is 11.6. The van der Waals surface area contributed by atoms with Gasteiger partial charge in [0.05, 0.1) is 12.6 Å². The van der Waals surface area contributed by atoms with Crippen molar-refractivity contribution in [3.8, 4) is 28.4 Å². The fourth-order valence-electron chi connectivity index (χ4n) is 7.63. The molecule has 0 saturated carbocycles. The number of nitrogens with one attached hydrogen (secondary N) is 3. The lowest BCUT2D eigenvalue weighted by Gasteiger charge is -2.29. The SMILES string of the molecule is CCCCCCCc1ccc(C(=O)NCC(=O)N(C)C(C(=O)N[C@@H](C)C(C)=O)c2ccc(OCCN)c(-c3cc(CC(CC)C(=O)NCC(=O)Oc4ccccc4)ccc3OCCN)c2)c(C)c1. The van der Waals surface area contributed by atoms with Gasteiger partial charge in [-0.05, 0) is 111 Å². The van der Waals surface area contributed by atoms with Gasteiger partial charge in [-0.3, -0.25) is 24.0 Å². The number of benzene rings is 4. The number of aryl methyl sites for hydroxylation is 2. The van der Waals surface area contributed by atoms with Gasteiger partial charge in [-0.1, -0.05) is 82.0 Å². The molecule has 366 valence electrons. The molecule has 4 rings (SSSR count). The van der Waals surface area contributed by atoms with Crippen molar-refractivity contribution in [3.05, 3.63) is 113 Å². The zero-order valence-corrected chi connectivity index (χ0v) is 40.5. The van der Waals surface area contributed by atoms with E-state index in [-0.39, 0.29) is 44.5 Å². The molecule has 15 heteroatoms. The highest BCUT2D eigenvalue weighted by atomic mass is 16.5. The van der Waals surface area contributed by atoms with Crippen molar-refractivity contribution in [2.24, 2.45) is 17.4 Å². The first-order valence-electron chi connectivity index (χ1n) is 23.6. The molecule has 0 aliphatic carbocycles. The molecular formula is C53H70N6O9. The Morgan fingerprint density at radius 2 is 1.37 bits per heavy atom. The van der Waals surface area contributed by atoms with E-state index in [0.717, 1.165) is 36.0 Å². The predicted octanol–water partition coefficient (Wildman–Crippen LogP) is 6.16. The van der Waals surface area contributed by atoms with Crippen LogP contribution in [0.15, 0.2) is 84.9 Å². The van der Waals surface area contributed by atoms with E-state index < -0.39 is 48.2 Å². The Labute approximate surface area is 401 Å². The third kappa shape index (κ3) is 16.3. The number of hydrogen-bond acceptors (Lipinski definition) is 11. The molecular weight excluding hydrogens is 865 g/mol.